The van der Waals surface area contributed by atoms with Gasteiger partial charge >= 0.3 is 0 Å². The average Bonchev–Trinajstić information content (AvgIpc) is 3.04. The van der Waals surface area contributed by atoms with Crippen molar-refractivity contribution in [2.45, 2.75) is 18.9 Å². The molecular weight excluding hydrogens is 193 g/mol. The molecule has 0 spiro atoms. The third-order valence-electron chi connectivity index (χ3n) is 2.73. The number of methoxy groups -OCH3 is 1. The summed E-state index contributed by atoms with van der Waals surface area (Å²) in [7, 11) is 1.71. The molecule has 0 bridgehead atoms. The number of hydrogen-bond acceptors (Lipinski definition) is 2. The zero-order valence-corrected chi connectivity index (χ0v) is 8.87. The van der Waals surface area contributed by atoms with Crippen LogP contribution in [0.4, 0.5) is 10.1 Å². The van der Waals surface area contributed by atoms with Crippen LogP contribution in [-0.2, 0) is 4.74 Å². The molecule has 1 unspecified atom stereocenters. The van der Waals surface area contributed by atoms with E-state index >= 15 is 0 Å². The minimum absolute atomic E-state index is 0.199. The number of rotatable bonds is 5. The summed E-state index contributed by atoms with van der Waals surface area (Å²) in [6.07, 6.45) is 2.53. The van der Waals surface area contributed by atoms with Crippen molar-refractivity contribution >= 4 is 5.69 Å². The summed E-state index contributed by atoms with van der Waals surface area (Å²) in [5.41, 5.74) is 0.963. The second-order valence-corrected chi connectivity index (χ2v) is 4.05. The van der Waals surface area contributed by atoms with Gasteiger partial charge in [-0.2, -0.15) is 0 Å². The monoisotopic (exact) mass is 209 g/mol. The Hall–Kier alpha value is -1.09. The minimum Gasteiger partial charge on any atom is -0.383 e. The van der Waals surface area contributed by atoms with Gasteiger partial charge in [-0.25, -0.2) is 4.39 Å². The summed E-state index contributed by atoms with van der Waals surface area (Å²) in [6, 6.07) is 6.83. The highest BCUT2D eigenvalue weighted by Crippen LogP contribution is 2.34. The summed E-state index contributed by atoms with van der Waals surface area (Å²) in [6.45, 7) is 0.710. The largest absolute Gasteiger partial charge is 0.383 e. The summed E-state index contributed by atoms with van der Waals surface area (Å²) in [5.74, 6) is 0.519. The van der Waals surface area contributed by atoms with Crippen LogP contribution in [0.1, 0.15) is 12.8 Å². The molecule has 1 aliphatic carbocycles. The smallest absolute Gasteiger partial charge is 0.123 e. The highest BCUT2D eigenvalue weighted by molar-refractivity contribution is 5.44. The summed E-state index contributed by atoms with van der Waals surface area (Å²) in [5, 5.41) is 3.38. The van der Waals surface area contributed by atoms with Crippen LogP contribution >= 0.6 is 0 Å². The van der Waals surface area contributed by atoms with Gasteiger partial charge in [0.05, 0.1) is 12.6 Å². The number of benzene rings is 1. The molecule has 0 aliphatic heterocycles. The van der Waals surface area contributed by atoms with Gasteiger partial charge in [0, 0.05) is 12.8 Å². The van der Waals surface area contributed by atoms with E-state index in [0.717, 1.165) is 11.6 Å². The molecule has 1 aromatic rings. The number of halogens is 1. The Morgan fingerprint density at radius 3 is 2.60 bits per heavy atom. The van der Waals surface area contributed by atoms with Crippen LogP contribution in [0.25, 0.3) is 0 Å². The van der Waals surface area contributed by atoms with E-state index in [-0.39, 0.29) is 5.82 Å². The SMILES string of the molecule is COCC(Nc1ccc(F)cc1)C1CC1. The fraction of sp³-hybridized carbons (Fsp3) is 0.500. The van der Waals surface area contributed by atoms with E-state index in [1.807, 2.05) is 0 Å². The fourth-order valence-electron chi connectivity index (χ4n) is 1.73. The maximum atomic E-state index is 12.7. The highest BCUT2D eigenvalue weighted by Gasteiger charge is 2.30. The summed E-state index contributed by atoms with van der Waals surface area (Å²) >= 11 is 0. The van der Waals surface area contributed by atoms with E-state index in [1.54, 1.807) is 19.2 Å². The van der Waals surface area contributed by atoms with Crippen molar-refractivity contribution < 1.29 is 9.13 Å². The van der Waals surface area contributed by atoms with Gasteiger partial charge in [0.2, 0.25) is 0 Å². The van der Waals surface area contributed by atoms with E-state index in [4.69, 9.17) is 4.74 Å². The molecule has 1 saturated carbocycles. The Morgan fingerprint density at radius 2 is 2.07 bits per heavy atom. The molecular formula is C12H16FNO. The normalized spacial score (nSPS) is 17.5. The predicted molar refractivity (Wildman–Crippen MR) is 58.4 cm³/mol. The molecule has 1 atom stereocenters. The number of ether oxygens (including phenoxy) is 1. The van der Waals surface area contributed by atoms with Gasteiger partial charge in [-0.3, -0.25) is 0 Å². The molecule has 15 heavy (non-hydrogen) atoms. The lowest BCUT2D eigenvalue weighted by molar-refractivity contribution is 0.179. The van der Waals surface area contributed by atoms with Gasteiger partial charge in [0.1, 0.15) is 5.82 Å². The lowest BCUT2D eigenvalue weighted by Gasteiger charge is -2.18. The number of nitrogens with one attached hydrogen (secondary N) is 1. The van der Waals surface area contributed by atoms with Crippen molar-refractivity contribution in [3.63, 3.8) is 0 Å². The van der Waals surface area contributed by atoms with Crippen molar-refractivity contribution in [2.75, 3.05) is 19.0 Å². The molecule has 82 valence electrons. The molecule has 0 amide bonds. The Bertz CT molecular complexity index is 308. The van der Waals surface area contributed by atoms with Crippen molar-refractivity contribution in [1.29, 1.82) is 0 Å². The van der Waals surface area contributed by atoms with E-state index in [0.29, 0.717) is 12.6 Å². The second kappa shape index (κ2) is 4.62. The minimum atomic E-state index is -0.199. The molecule has 3 heteroatoms. The Labute approximate surface area is 89.4 Å². The third-order valence-corrected chi connectivity index (χ3v) is 2.73. The quantitative estimate of drug-likeness (QED) is 0.805. The standard InChI is InChI=1S/C12H16FNO/c1-15-8-12(9-2-3-9)14-11-6-4-10(13)5-7-11/h4-7,9,12,14H,2-3,8H2,1H3. The second-order valence-electron chi connectivity index (χ2n) is 4.05. The first kappa shape index (κ1) is 10.4. The van der Waals surface area contributed by atoms with Gasteiger partial charge in [-0.05, 0) is 43.0 Å². The van der Waals surface area contributed by atoms with Crippen LogP contribution in [0.2, 0.25) is 0 Å². The van der Waals surface area contributed by atoms with Gasteiger partial charge in [0.25, 0.3) is 0 Å². The maximum absolute atomic E-state index is 12.7. The first-order chi connectivity index (χ1) is 7.29. The lowest BCUT2D eigenvalue weighted by atomic mass is 10.2. The van der Waals surface area contributed by atoms with E-state index in [9.17, 15) is 4.39 Å². The van der Waals surface area contributed by atoms with Crippen LogP contribution in [0, 0.1) is 11.7 Å². The van der Waals surface area contributed by atoms with Gasteiger partial charge in [-0.1, -0.05) is 0 Å². The molecule has 1 fully saturated rings. The van der Waals surface area contributed by atoms with Crippen LogP contribution in [0.15, 0.2) is 24.3 Å². The first-order valence-corrected chi connectivity index (χ1v) is 5.30. The third kappa shape index (κ3) is 2.93. The zero-order valence-electron chi connectivity index (χ0n) is 8.87. The van der Waals surface area contributed by atoms with E-state index in [1.165, 1.54) is 25.0 Å². The van der Waals surface area contributed by atoms with Crippen LogP contribution < -0.4 is 5.32 Å². The fourth-order valence-corrected chi connectivity index (χ4v) is 1.73. The van der Waals surface area contributed by atoms with Crippen molar-refractivity contribution in [3.8, 4) is 0 Å². The zero-order chi connectivity index (χ0) is 10.7. The van der Waals surface area contributed by atoms with Gasteiger partial charge < -0.3 is 10.1 Å². The van der Waals surface area contributed by atoms with Gasteiger partial charge in [0.15, 0.2) is 0 Å². The molecule has 0 aromatic heterocycles. The van der Waals surface area contributed by atoms with E-state index < -0.39 is 0 Å². The van der Waals surface area contributed by atoms with Crippen molar-refractivity contribution in [2.24, 2.45) is 5.92 Å². The molecule has 2 nitrogen and oxygen atoms in total. The molecule has 0 saturated heterocycles. The molecule has 0 radical (unpaired) electrons. The van der Waals surface area contributed by atoms with Crippen LogP contribution in [-0.4, -0.2) is 19.8 Å². The molecule has 1 aromatic carbocycles. The van der Waals surface area contributed by atoms with Crippen LogP contribution in [0.3, 0.4) is 0 Å². The highest BCUT2D eigenvalue weighted by atomic mass is 19.1. The predicted octanol–water partition coefficient (Wildman–Crippen LogP) is 2.66. The number of hydrogen-bond donors (Lipinski definition) is 1. The first-order valence-electron chi connectivity index (χ1n) is 5.30. The molecule has 1 N–H and O–H groups in total. The molecule has 1 aliphatic rings. The van der Waals surface area contributed by atoms with E-state index in [2.05, 4.69) is 5.32 Å². The lowest BCUT2D eigenvalue weighted by Crippen LogP contribution is -2.27. The number of anilines is 1. The average molecular weight is 209 g/mol. The summed E-state index contributed by atoms with van der Waals surface area (Å²) in [4.78, 5) is 0. The van der Waals surface area contributed by atoms with Gasteiger partial charge in [-0.15, -0.1) is 0 Å². The molecule has 2 rings (SSSR count). The van der Waals surface area contributed by atoms with Crippen molar-refractivity contribution in [1.82, 2.24) is 0 Å². The topological polar surface area (TPSA) is 21.3 Å². The maximum Gasteiger partial charge on any atom is 0.123 e. The molecule has 0 heterocycles. The Balaban J connectivity index is 1.95. The summed E-state index contributed by atoms with van der Waals surface area (Å²) < 4.78 is 17.9. The van der Waals surface area contributed by atoms with Crippen molar-refractivity contribution in [3.05, 3.63) is 30.1 Å². The Morgan fingerprint density at radius 1 is 1.40 bits per heavy atom. The Kier molecular flexibility index (Phi) is 3.21. The van der Waals surface area contributed by atoms with Crippen LogP contribution in [0.5, 0.6) is 0 Å².